The monoisotopic (exact) mass is 225 g/mol. The summed E-state index contributed by atoms with van der Waals surface area (Å²) in [7, 11) is 1.49. The topological polar surface area (TPSA) is 52.3 Å². The molecule has 0 aromatic rings. The Bertz CT molecular complexity index is 257. The molecule has 2 saturated carbocycles. The van der Waals surface area contributed by atoms with Crippen LogP contribution in [0.5, 0.6) is 0 Å². The van der Waals surface area contributed by atoms with Crippen LogP contribution in [0.3, 0.4) is 0 Å². The van der Waals surface area contributed by atoms with Crippen LogP contribution >= 0.6 is 0 Å². The lowest BCUT2D eigenvalue weighted by Crippen LogP contribution is -2.45. The van der Waals surface area contributed by atoms with E-state index in [0.717, 1.165) is 25.2 Å². The fourth-order valence-corrected chi connectivity index (χ4v) is 3.27. The van der Waals surface area contributed by atoms with Gasteiger partial charge in [-0.2, -0.15) is 0 Å². The molecule has 0 amide bonds. The van der Waals surface area contributed by atoms with Gasteiger partial charge in [0.1, 0.15) is 0 Å². The lowest BCUT2D eigenvalue weighted by atomic mass is 9.70. The molecule has 0 heterocycles. The molecule has 0 aliphatic heterocycles. The van der Waals surface area contributed by atoms with Crippen molar-refractivity contribution in [3.05, 3.63) is 0 Å². The van der Waals surface area contributed by atoms with E-state index < -0.39 is 0 Å². The second kappa shape index (κ2) is 4.74. The molecule has 2 fully saturated rings. The van der Waals surface area contributed by atoms with Crippen molar-refractivity contribution in [1.82, 2.24) is 0 Å². The van der Waals surface area contributed by atoms with Gasteiger partial charge in [0, 0.05) is 6.54 Å². The summed E-state index contributed by atoms with van der Waals surface area (Å²) in [5.41, 5.74) is 5.57. The number of hydrogen-bond donors (Lipinski definition) is 1. The normalized spacial score (nSPS) is 25.4. The van der Waals surface area contributed by atoms with E-state index in [2.05, 4.69) is 0 Å². The molecule has 2 aliphatic rings. The van der Waals surface area contributed by atoms with E-state index in [1.165, 1.54) is 32.8 Å². The Morgan fingerprint density at radius 1 is 1.31 bits per heavy atom. The molecule has 2 aliphatic carbocycles. The van der Waals surface area contributed by atoms with Crippen LogP contribution in [0.25, 0.3) is 0 Å². The van der Waals surface area contributed by atoms with Crippen molar-refractivity contribution in [1.29, 1.82) is 0 Å². The molecule has 2 rings (SSSR count). The number of ether oxygens (including phenoxy) is 1. The van der Waals surface area contributed by atoms with Gasteiger partial charge in [-0.05, 0) is 31.1 Å². The minimum Gasteiger partial charge on any atom is -0.469 e. The van der Waals surface area contributed by atoms with Crippen molar-refractivity contribution >= 4 is 5.97 Å². The van der Waals surface area contributed by atoms with E-state index in [-0.39, 0.29) is 11.4 Å². The summed E-state index contributed by atoms with van der Waals surface area (Å²) in [6.07, 6.45) is 8.29. The molecular formula is C13H23NO2. The van der Waals surface area contributed by atoms with Gasteiger partial charge in [-0.25, -0.2) is 0 Å². The fourth-order valence-electron chi connectivity index (χ4n) is 3.27. The zero-order chi connectivity index (χ0) is 11.6. The van der Waals surface area contributed by atoms with Gasteiger partial charge in [0.15, 0.2) is 0 Å². The molecule has 0 aromatic heterocycles. The second-order valence-electron chi connectivity index (χ2n) is 5.48. The Hall–Kier alpha value is -0.570. The van der Waals surface area contributed by atoms with Crippen molar-refractivity contribution in [2.45, 2.75) is 44.9 Å². The van der Waals surface area contributed by atoms with Gasteiger partial charge in [-0.15, -0.1) is 0 Å². The Morgan fingerprint density at radius 3 is 2.38 bits per heavy atom. The third kappa shape index (κ3) is 2.10. The van der Waals surface area contributed by atoms with Gasteiger partial charge >= 0.3 is 5.97 Å². The van der Waals surface area contributed by atoms with Crippen LogP contribution in [-0.4, -0.2) is 19.6 Å². The highest BCUT2D eigenvalue weighted by molar-refractivity contribution is 5.77. The van der Waals surface area contributed by atoms with Gasteiger partial charge < -0.3 is 10.5 Å². The molecule has 2 N–H and O–H groups in total. The van der Waals surface area contributed by atoms with Crippen LogP contribution in [0, 0.1) is 17.3 Å². The number of methoxy groups -OCH3 is 1. The molecule has 3 nitrogen and oxygen atoms in total. The number of esters is 1. The highest BCUT2D eigenvalue weighted by Gasteiger charge is 2.49. The smallest absolute Gasteiger partial charge is 0.313 e. The first-order valence-electron chi connectivity index (χ1n) is 6.51. The zero-order valence-corrected chi connectivity index (χ0v) is 10.2. The third-order valence-corrected chi connectivity index (χ3v) is 4.44. The number of carbonyl (C=O) groups excluding carboxylic acids is 1. The van der Waals surface area contributed by atoms with Crippen LogP contribution in [0.2, 0.25) is 0 Å². The third-order valence-electron chi connectivity index (χ3n) is 4.44. The lowest BCUT2D eigenvalue weighted by Gasteiger charge is -2.35. The second-order valence-corrected chi connectivity index (χ2v) is 5.48. The van der Waals surface area contributed by atoms with Gasteiger partial charge in [0.25, 0.3) is 0 Å². The Labute approximate surface area is 97.7 Å². The maximum atomic E-state index is 12.1. The molecule has 0 spiro atoms. The average molecular weight is 225 g/mol. The van der Waals surface area contributed by atoms with Crippen molar-refractivity contribution < 1.29 is 9.53 Å². The SMILES string of the molecule is COC(=O)C(CN)(CC1CC1)C1CCCC1. The molecule has 1 atom stereocenters. The van der Waals surface area contributed by atoms with E-state index in [1.807, 2.05) is 0 Å². The van der Waals surface area contributed by atoms with Crippen LogP contribution in [0.4, 0.5) is 0 Å². The summed E-state index contributed by atoms with van der Waals surface area (Å²) in [6.45, 7) is 0.459. The number of nitrogens with two attached hydrogens (primary N) is 1. The van der Waals surface area contributed by atoms with Crippen LogP contribution in [0.1, 0.15) is 44.9 Å². The van der Waals surface area contributed by atoms with E-state index in [0.29, 0.717) is 12.5 Å². The summed E-state index contributed by atoms with van der Waals surface area (Å²) in [5, 5.41) is 0. The number of rotatable bonds is 5. The molecule has 0 aromatic carbocycles. The highest BCUT2D eigenvalue weighted by atomic mass is 16.5. The van der Waals surface area contributed by atoms with Crippen molar-refractivity contribution in [2.75, 3.05) is 13.7 Å². The molecular weight excluding hydrogens is 202 g/mol. The largest absolute Gasteiger partial charge is 0.469 e. The van der Waals surface area contributed by atoms with E-state index in [1.54, 1.807) is 0 Å². The first kappa shape index (κ1) is 11.9. The summed E-state index contributed by atoms with van der Waals surface area (Å²) in [5.74, 6) is 1.13. The van der Waals surface area contributed by atoms with E-state index >= 15 is 0 Å². The summed E-state index contributed by atoms with van der Waals surface area (Å²) in [6, 6.07) is 0. The van der Waals surface area contributed by atoms with Crippen molar-refractivity contribution in [3.8, 4) is 0 Å². The molecule has 0 saturated heterocycles. The highest BCUT2D eigenvalue weighted by Crippen LogP contribution is 2.49. The Balaban J connectivity index is 2.15. The number of hydrogen-bond acceptors (Lipinski definition) is 3. The minimum absolute atomic E-state index is 0.0613. The van der Waals surface area contributed by atoms with Gasteiger partial charge in [0.2, 0.25) is 0 Å². The maximum Gasteiger partial charge on any atom is 0.313 e. The van der Waals surface area contributed by atoms with Crippen LogP contribution in [-0.2, 0) is 9.53 Å². The maximum absolute atomic E-state index is 12.1. The van der Waals surface area contributed by atoms with Crippen molar-refractivity contribution in [2.24, 2.45) is 23.0 Å². The first-order chi connectivity index (χ1) is 7.73. The molecule has 16 heavy (non-hydrogen) atoms. The molecule has 0 bridgehead atoms. The molecule has 3 heteroatoms. The summed E-state index contributed by atoms with van der Waals surface area (Å²) < 4.78 is 5.03. The quantitative estimate of drug-likeness (QED) is 0.729. The Kier molecular flexibility index (Phi) is 3.53. The number of carbonyl (C=O) groups is 1. The van der Waals surface area contributed by atoms with Crippen LogP contribution in [0.15, 0.2) is 0 Å². The predicted octanol–water partition coefficient (Wildman–Crippen LogP) is 2.09. The lowest BCUT2D eigenvalue weighted by molar-refractivity contribution is -0.156. The van der Waals surface area contributed by atoms with Gasteiger partial charge in [0.05, 0.1) is 12.5 Å². The van der Waals surface area contributed by atoms with Gasteiger partial charge in [-0.1, -0.05) is 25.7 Å². The van der Waals surface area contributed by atoms with Crippen molar-refractivity contribution in [3.63, 3.8) is 0 Å². The first-order valence-corrected chi connectivity index (χ1v) is 6.51. The predicted molar refractivity (Wildman–Crippen MR) is 62.8 cm³/mol. The van der Waals surface area contributed by atoms with Crippen LogP contribution < -0.4 is 5.73 Å². The average Bonchev–Trinajstić information content (AvgIpc) is 2.95. The molecule has 0 radical (unpaired) electrons. The van der Waals surface area contributed by atoms with E-state index in [9.17, 15) is 4.79 Å². The van der Waals surface area contributed by atoms with Gasteiger partial charge in [-0.3, -0.25) is 4.79 Å². The standard InChI is InChI=1S/C13H23NO2/c1-16-12(15)13(9-14,8-10-6-7-10)11-4-2-3-5-11/h10-11H,2-9,14H2,1H3. The summed E-state index contributed by atoms with van der Waals surface area (Å²) in [4.78, 5) is 12.1. The zero-order valence-electron chi connectivity index (χ0n) is 10.2. The molecule has 1 unspecified atom stereocenters. The Morgan fingerprint density at radius 2 is 1.94 bits per heavy atom. The molecule has 92 valence electrons. The minimum atomic E-state index is -0.369. The summed E-state index contributed by atoms with van der Waals surface area (Å²) >= 11 is 0. The fraction of sp³-hybridized carbons (Fsp3) is 0.923. The van der Waals surface area contributed by atoms with E-state index in [4.69, 9.17) is 10.5 Å².